The number of hydrogen-bond acceptors (Lipinski definition) is 4. The number of anilines is 1. The van der Waals surface area contributed by atoms with Crippen LogP contribution < -0.4 is 5.32 Å². The first kappa shape index (κ1) is 24.1. The lowest BCUT2D eigenvalue weighted by atomic mass is 9.68. The Hall–Kier alpha value is -2.60. The number of aryl methyl sites for hydroxylation is 1. The first-order valence-corrected chi connectivity index (χ1v) is 13.4. The van der Waals surface area contributed by atoms with Crippen LogP contribution in [0.1, 0.15) is 56.2 Å². The molecule has 1 aromatic heterocycles. The van der Waals surface area contributed by atoms with Crippen molar-refractivity contribution >= 4 is 11.7 Å². The van der Waals surface area contributed by atoms with Gasteiger partial charge in [-0.1, -0.05) is 36.8 Å². The van der Waals surface area contributed by atoms with Gasteiger partial charge in [-0.3, -0.25) is 9.88 Å². The summed E-state index contributed by atoms with van der Waals surface area (Å²) in [5.41, 5.74) is 3.49. The third-order valence-electron chi connectivity index (χ3n) is 9.01. The van der Waals surface area contributed by atoms with E-state index in [1.807, 2.05) is 19.2 Å². The normalized spacial score (nSPS) is 27.0. The molecule has 0 bridgehead atoms. The summed E-state index contributed by atoms with van der Waals surface area (Å²) in [5.74, 6) is 0.684. The zero-order chi connectivity index (χ0) is 24.5. The summed E-state index contributed by atoms with van der Waals surface area (Å²) in [6.07, 6.45) is 9.98. The van der Waals surface area contributed by atoms with Crippen molar-refractivity contribution in [3.8, 4) is 0 Å². The predicted octanol–water partition coefficient (Wildman–Crippen LogP) is 5.11. The molecule has 35 heavy (non-hydrogen) atoms. The van der Waals surface area contributed by atoms with Crippen molar-refractivity contribution in [1.29, 1.82) is 0 Å². The van der Waals surface area contributed by atoms with Gasteiger partial charge in [-0.25, -0.2) is 4.79 Å². The molecule has 0 unspecified atom stereocenters. The molecule has 1 saturated heterocycles. The fraction of sp³-hybridized carbons (Fsp3) is 0.586. The fourth-order valence-corrected chi connectivity index (χ4v) is 6.55. The van der Waals surface area contributed by atoms with Crippen LogP contribution in [0.15, 0.2) is 48.7 Å². The van der Waals surface area contributed by atoms with E-state index in [9.17, 15) is 4.79 Å². The van der Waals surface area contributed by atoms with Crippen molar-refractivity contribution in [3.63, 3.8) is 0 Å². The van der Waals surface area contributed by atoms with Crippen LogP contribution in [0.4, 0.5) is 10.5 Å². The van der Waals surface area contributed by atoms with Gasteiger partial charge in [0.1, 0.15) is 0 Å². The number of carbonyl (C=O) groups is 1. The van der Waals surface area contributed by atoms with E-state index < -0.39 is 0 Å². The first-order chi connectivity index (χ1) is 16.9. The molecule has 3 aliphatic rings. The minimum atomic E-state index is -0.0335. The highest BCUT2D eigenvalue weighted by atomic mass is 16.2. The van der Waals surface area contributed by atoms with Gasteiger partial charge in [0.2, 0.25) is 0 Å². The van der Waals surface area contributed by atoms with Crippen LogP contribution in [0.5, 0.6) is 0 Å². The van der Waals surface area contributed by atoms with E-state index in [0.717, 1.165) is 63.2 Å². The van der Waals surface area contributed by atoms with Gasteiger partial charge in [0.05, 0.1) is 5.54 Å². The zero-order valence-corrected chi connectivity index (χ0v) is 21.7. The van der Waals surface area contributed by atoms with Crippen molar-refractivity contribution in [2.75, 3.05) is 45.6 Å². The smallest absolute Gasteiger partial charge is 0.320 e. The summed E-state index contributed by atoms with van der Waals surface area (Å²) in [6, 6.07) is 15.3. The second-order valence-corrected chi connectivity index (χ2v) is 11.2. The highest BCUT2D eigenvalue weighted by molar-refractivity contribution is 5.78. The number of nitrogens with one attached hydrogen (secondary N) is 1. The van der Waals surface area contributed by atoms with Gasteiger partial charge < -0.3 is 15.1 Å². The number of carbonyl (C=O) groups excluding carboxylic acids is 1. The number of pyridine rings is 1. The van der Waals surface area contributed by atoms with Crippen LogP contribution in [0, 0.1) is 12.8 Å². The van der Waals surface area contributed by atoms with Crippen LogP contribution in [-0.4, -0.2) is 71.5 Å². The van der Waals surface area contributed by atoms with Crippen molar-refractivity contribution in [1.82, 2.24) is 19.7 Å². The van der Waals surface area contributed by atoms with E-state index >= 15 is 0 Å². The summed E-state index contributed by atoms with van der Waals surface area (Å²) < 4.78 is 0. The van der Waals surface area contributed by atoms with Gasteiger partial charge in [-0.05, 0) is 83.2 Å². The Labute approximate surface area is 210 Å². The highest BCUT2D eigenvalue weighted by Crippen LogP contribution is 2.49. The molecule has 2 heterocycles. The van der Waals surface area contributed by atoms with Crippen LogP contribution in [0.2, 0.25) is 0 Å². The minimum Gasteiger partial charge on any atom is -0.383 e. The van der Waals surface area contributed by atoms with Crippen molar-refractivity contribution in [2.45, 2.75) is 62.9 Å². The van der Waals surface area contributed by atoms with Gasteiger partial charge in [0.25, 0.3) is 0 Å². The maximum Gasteiger partial charge on any atom is 0.320 e. The lowest BCUT2D eigenvalue weighted by molar-refractivity contribution is 0.0160. The number of benzene rings is 1. The van der Waals surface area contributed by atoms with Crippen molar-refractivity contribution < 1.29 is 4.79 Å². The van der Waals surface area contributed by atoms with Gasteiger partial charge >= 0.3 is 6.03 Å². The van der Waals surface area contributed by atoms with Crippen LogP contribution in [0.3, 0.4) is 0 Å². The molecular weight excluding hydrogens is 434 g/mol. The maximum absolute atomic E-state index is 13.7. The highest BCUT2D eigenvalue weighted by Gasteiger charge is 2.54. The molecule has 188 valence electrons. The van der Waals surface area contributed by atoms with E-state index in [4.69, 9.17) is 0 Å². The molecule has 0 atom stereocenters. The number of aromatic nitrogens is 1. The molecule has 1 N–H and O–H groups in total. The Morgan fingerprint density at radius 3 is 2.46 bits per heavy atom. The van der Waals surface area contributed by atoms with Crippen LogP contribution >= 0.6 is 0 Å². The lowest BCUT2D eigenvalue weighted by Gasteiger charge is -2.51. The molecule has 2 amide bonds. The topological polar surface area (TPSA) is 51.7 Å². The number of urea groups is 1. The van der Waals surface area contributed by atoms with E-state index in [0.29, 0.717) is 5.92 Å². The maximum atomic E-state index is 13.7. The molecule has 2 saturated carbocycles. The molecule has 6 nitrogen and oxygen atoms in total. The molecule has 2 aliphatic carbocycles. The van der Waals surface area contributed by atoms with Crippen LogP contribution in [0.25, 0.3) is 0 Å². The number of nitrogens with zero attached hydrogens (tertiary/aromatic N) is 4. The number of hydrogen-bond donors (Lipinski definition) is 1. The summed E-state index contributed by atoms with van der Waals surface area (Å²) in [4.78, 5) is 24.8. The number of rotatable bonds is 8. The summed E-state index contributed by atoms with van der Waals surface area (Å²) in [5, 5.41) is 3.49. The van der Waals surface area contributed by atoms with E-state index in [-0.39, 0.29) is 17.1 Å². The second-order valence-electron chi connectivity index (χ2n) is 11.2. The van der Waals surface area contributed by atoms with Gasteiger partial charge in [-0.15, -0.1) is 0 Å². The molecule has 3 fully saturated rings. The van der Waals surface area contributed by atoms with Gasteiger partial charge in [0, 0.05) is 49.3 Å². The standard InChI is InChI=1S/C29H41N5O/c1-23-20-26(12-17-30-23)31-18-19-33-22-28(34(27(33)35)21-24-8-7-9-24)13-15-29(16-14-28,32(2)3)25-10-5-4-6-11-25/h4-6,10-12,17,20,24H,7-9,13-16,18-19,21-22H2,1-3H3,(H,30,31)/t28-,29+. The van der Waals surface area contributed by atoms with E-state index in [1.165, 1.54) is 24.8 Å². The van der Waals surface area contributed by atoms with Crippen molar-refractivity contribution in [2.24, 2.45) is 5.92 Å². The van der Waals surface area contributed by atoms with Gasteiger partial charge in [-0.2, -0.15) is 0 Å². The fourth-order valence-electron chi connectivity index (χ4n) is 6.55. The zero-order valence-electron chi connectivity index (χ0n) is 21.7. The Balaban J connectivity index is 1.31. The largest absolute Gasteiger partial charge is 0.383 e. The predicted molar refractivity (Wildman–Crippen MR) is 141 cm³/mol. The second kappa shape index (κ2) is 9.81. The average molecular weight is 476 g/mol. The van der Waals surface area contributed by atoms with Crippen molar-refractivity contribution in [3.05, 3.63) is 59.9 Å². The summed E-state index contributed by atoms with van der Waals surface area (Å²) in [6.45, 7) is 5.29. The molecule has 1 aliphatic heterocycles. The quantitative estimate of drug-likeness (QED) is 0.576. The SMILES string of the molecule is Cc1cc(NCCN2C[C@]3(CC[C@](c4ccccc4)(N(C)C)CC3)N(CC3CCC3)C2=O)ccn1. The minimum absolute atomic E-state index is 0.0335. The third kappa shape index (κ3) is 4.65. The molecule has 0 radical (unpaired) electrons. The Kier molecular flexibility index (Phi) is 6.75. The molecule has 2 aromatic rings. The summed E-state index contributed by atoms with van der Waals surface area (Å²) >= 11 is 0. The molecule has 1 aromatic carbocycles. The third-order valence-corrected chi connectivity index (χ3v) is 9.01. The Morgan fingerprint density at radius 2 is 1.83 bits per heavy atom. The average Bonchev–Trinajstić information content (AvgIpc) is 3.08. The monoisotopic (exact) mass is 475 g/mol. The summed E-state index contributed by atoms with van der Waals surface area (Å²) in [7, 11) is 4.44. The first-order valence-electron chi connectivity index (χ1n) is 13.4. The van der Waals surface area contributed by atoms with Crippen LogP contribution in [-0.2, 0) is 5.54 Å². The lowest BCUT2D eigenvalue weighted by Crippen LogP contribution is -2.56. The number of amides is 2. The Morgan fingerprint density at radius 1 is 1.09 bits per heavy atom. The molecule has 1 spiro atoms. The van der Waals surface area contributed by atoms with E-state index in [1.54, 1.807) is 0 Å². The molecular formula is C29H41N5O. The van der Waals surface area contributed by atoms with Gasteiger partial charge in [0.15, 0.2) is 0 Å². The Bertz CT molecular complexity index is 1010. The molecule has 5 rings (SSSR count). The molecule has 6 heteroatoms. The van der Waals surface area contributed by atoms with E-state index in [2.05, 4.69) is 75.5 Å².